The van der Waals surface area contributed by atoms with Crippen molar-refractivity contribution < 1.29 is 14.3 Å². The molecular formula is C21H20N4O3S. The van der Waals surface area contributed by atoms with Gasteiger partial charge in [-0.25, -0.2) is 4.98 Å². The van der Waals surface area contributed by atoms with Crippen LogP contribution in [0.1, 0.15) is 26.6 Å². The zero-order chi connectivity index (χ0) is 20.2. The Morgan fingerprint density at radius 3 is 2.79 bits per heavy atom. The molecule has 1 N–H and O–H groups in total. The van der Waals surface area contributed by atoms with Gasteiger partial charge >= 0.3 is 0 Å². The number of hydrogen-bond acceptors (Lipinski definition) is 6. The quantitative estimate of drug-likeness (QED) is 0.701. The van der Waals surface area contributed by atoms with E-state index in [0.29, 0.717) is 36.1 Å². The molecule has 0 bridgehead atoms. The Labute approximate surface area is 172 Å². The molecule has 3 heterocycles. The normalized spacial score (nSPS) is 12.9. The van der Waals surface area contributed by atoms with Gasteiger partial charge in [0.05, 0.1) is 12.2 Å². The molecule has 1 aliphatic rings. The van der Waals surface area contributed by atoms with E-state index in [0.717, 1.165) is 16.1 Å². The molecule has 3 aromatic rings. The third-order valence-corrected chi connectivity index (χ3v) is 5.58. The first-order valence-electron chi connectivity index (χ1n) is 9.27. The number of anilines is 1. The fourth-order valence-electron chi connectivity index (χ4n) is 2.99. The number of ether oxygens (including phenoxy) is 1. The van der Waals surface area contributed by atoms with Gasteiger partial charge in [-0.2, -0.15) is 0 Å². The third kappa shape index (κ3) is 4.60. The number of nitrogens with one attached hydrogen (secondary N) is 1. The smallest absolute Gasteiger partial charge is 0.276 e. The Morgan fingerprint density at radius 1 is 1.21 bits per heavy atom. The first kappa shape index (κ1) is 19.1. The van der Waals surface area contributed by atoms with E-state index < -0.39 is 0 Å². The minimum Gasteiger partial charge on any atom is -0.484 e. The Kier molecular flexibility index (Phi) is 5.53. The van der Waals surface area contributed by atoms with Crippen molar-refractivity contribution in [3.8, 4) is 5.75 Å². The molecule has 148 valence electrons. The molecular weight excluding hydrogens is 388 g/mol. The van der Waals surface area contributed by atoms with E-state index in [2.05, 4.69) is 15.3 Å². The molecule has 0 spiro atoms. The summed E-state index contributed by atoms with van der Waals surface area (Å²) >= 11 is 1.39. The van der Waals surface area contributed by atoms with Crippen molar-refractivity contribution in [2.45, 2.75) is 19.9 Å². The van der Waals surface area contributed by atoms with Crippen LogP contribution < -0.4 is 10.1 Å². The lowest BCUT2D eigenvalue weighted by molar-refractivity contribution is -0.134. The fraction of sp³-hybridized carbons (Fsp3) is 0.238. The molecule has 8 heteroatoms. The Morgan fingerprint density at radius 2 is 2.03 bits per heavy atom. The van der Waals surface area contributed by atoms with Crippen molar-refractivity contribution in [2.75, 3.05) is 18.5 Å². The van der Waals surface area contributed by atoms with Crippen LogP contribution in [0.15, 0.2) is 48.7 Å². The van der Waals surface area contributed by atoms with Crippen molar-refractivity contribution in [3.05, 3.63) is 70.5 Å². The van der Waals surface area contributed by atoms with E-state index in [-0.39, 0.29) is 18.4 Å². The maximum Gasteiger partial charge on any atom is 0.276 e. The fourth-order valence-corrected chi connectivity index (χ4v) is 4.01. The second kappa shape index (κ2) is 8.40. The third-order valence-electron chi connectivity index (χ3n) is 4.59. The zero-order valence-electron chi connectivity index (χ0n) is 15.9. The summed E-state index contributed by atoms with van der Waals surface area (Å²) < 4.78 is 5.60. The van der Waals surface area contributed by atoms with E-state index in [1.54, 1.807) is 29.3 Å². The van der Waals surface area contributed by atoms with Gasteiger partial charge in [-0.05, 0) is 31.2 Å². The summed E-state index contributed by atoms with van der Waals surface area (Å²) in [5, 5.41) is 3.31. The molecule has 1 aliphatic heterocycles. The van der Waals surface area contributed by atoms with Crippen LogP contribution in [0.5, 0.6) is 5.75 Å². The summed E-state index contributed by atoms with van der Waals surface area (Å²) in [6.07, 6.45) is 2.23. The van der Waals surface area contributed by atoms with Gasteiger partial charge in [0, 0.05) is 24.0 Å². The average molecular weight is 408 g/mol. The summed E-state index contributed by atoms with van der Waals surface area (Å²) in [4.78, 5) is 36.1. The van der Waals surface area contributed by atoms with Crippen LogP contribution >= 0.6 is 11.3 Å². The lowest BCUT2D eigenvalue weighted by atomic mass is 10.2. The number of hydrogen-bond donors (Lipinski definition) is 1. The molecule has 1 aromatic carbocycles. The zero-order valence-corrected chi connectivity index (χ0v) is 16.7. The van der Waals surface area contributed by atoms with Crippen LogP contribution in [0, 0.1) is 6.92 Å². The lowest BCUT2D eigenvalue weighted by Gasteiger charge is -2.26. The second-order valence-electron chi connectivity index (χ2n) is 6.73. The van der Waals surface area contributed by atoms with E-state index in [1.807, 2.05) is 31.2 Å². The number of pyridine rings is 1. The summed E-state index contributed by atoms with van der Waals surface area (Å²) in [7, 11) is 0. The van der Waals surface area contributed by atoms with Gasteiger partial charge in [-0.15, -0.1) is 0 Å². The molecule has 0 radical (unpaired) electrons. The predicted octanol–water partition coefficient (Wildman–Crippen LogP) is 3.06. The number of thiazole rings is 1. The van der Waals surface area contributed by atoms with E-state index in [9.17, 15) is 9.59 Å². The monoisotopic (exact) mass is 408 g/mol. The topological polar surface area (TPSA) is 84.4 Å². The number of aryl methyl sites for hydroxylation is 1. The van der Waals surface area contributed by atoms with Crippen molar-refractivity contribution in [1.29, 1.82) is 0 Å². The van der Waals surface area contributed by atoms with Gasteiger partial charge in [0.2, 0.25) is 0 Å². The van der Waals surface area contributed by atoms with Gasteiger partial charge in [0.25, 0.3) is 11.8 Å². The van der Waals surface area contributed by atoms with Gasteiger partial charge in [-0.3, -0.25) is 19.9 Å². The Bertz CT molecular complexity index is 1020. The molecule has 0 saturated heterocycles. The van der Waals surface area contributed by atoms with Crippen LogP contribution in [0.3, 0.4) is 0 Å². The molecule has 0 saturated carbocycles. The summed E-state index contributed by atoms with van der Waals surface area (Å²) in [6, 6.07) is 12.8. The SMILES string of the molecule is Cc1ccc(OCC(=O)N2CCc3nc(NC(=O)c4ccccn4)sc3C2)cc1. The maximum atomic E-state index is 12.5. The molecule has 0 atom stereocenters. The Balaban J connectivity index is 1.35. The highest BCUT2D eigenvalue weighted by atomic mass is 32.1. The molecule has 0 fully saturated rings. The Hall–Kier alpha value is -3.26. The van der Waals surface area contributed by atoms with E-state index >= 15 is 0 Å². The predicted molar refractivity (Wildman–Crippen MR) is 110 cm³/mol. The average Bonchev–Trinajstić information content (AvgIpc) is 3.15. The van der Waals surface area contributed by atoms with Gasteiger partial charge in [-0.1, -0.05) is 35.1 Å². The van der Waals surface area contributed by atoms with E-state index in [4.69, 9.17) is 4.74 Å². The number of carbonyl (C=O) groups excluding carboxylic acids is 2. The maximum absolute atomic E-state index is 12.5. The number of benzene rings is 1. The van der Waals surface area contributed by atoms with Gasteiger partial charge in [0.1, 0.15) is 11.4 Å². The number of aromatic nitrogens is 2. The summed E-state index contributed by atoms with van der Waals surface area (Å²) in [6.45, 7) is 3.06. The molecule has 2 aromatic heterocycles. The minimum absolute atomic E-state index is 0.000464. The van der Waals surface area contributed by atoms with E-state index in [1.165, 1.54) is 11.3 Å². The van der Waals surface area contributed by atoms with Crippen molar-refractivity contribution in [2.24, 2.45) is 0 Å². The van der Waals surface area contributed by atoms with Crippen LogP contribution in [-0.2, 0) is 17.8 Å². The standard InChI is InChI=1S/C21H20N4O3S/c1-14-5-7-15(8-6-14)28-13-19(26)25-11-9-16-18(12-25)29-21(23-16)24-20(27)17-4-2-3-10-22-17/h2-8,10H,9,11-13H2,1H3,(H,23,24,27). The number of carbonyl (C=O) groups is 2. The van der Waals surface area contributed by atoms with Crippen molar-refractivity contribution in [3.63, 3.8) is 0 Å². The van der Waals surface area contributed by atoms with Crippen LogP contribution in [-0.4, -0.2) is 39.8 Å². The first-order valence-corrected chi connectivity index (χ1v) is 10.1. The number of nitrogens with zero attached hydrogens (tertiary/aromatic N) is 3. The highest BCUT2D eigenvalue weighted by molar-refractivity contribution is 7.15. The molecule has 0 aliphatic carbocycles. The number of fused-ring (bicyclic) bond motifs is 1. The summed E-state index contributed by atoms with van der Waals surface area (Å²) in [5.74, 6) is 0.318. The molecule has 2 amide bonds. The minimum atomic E-state index is -0.295. The number of rotatable bonds is 5. The van der Waals surface area contributed by atoms with Crippen LogP contribution in [0.4, 0.5) is 5.13 Å². The lowest BCUT2D eigenvalue weighted by Crippen LogP contribution is -2.38. The van der Waals surface area contributed by atoms with Gasteiger partial charge in [0.15, 0.2) is 11.7 Å². The van der Waals surface area contributed by atoms with Gasteiger partial charge < -0.3 is 9.64 Å². The van der Waals surface area contributed by atoms with Crippen molar-refractivity contribution in [1.82, 2.24) is 14.9 Å². The highest BCUT2D eigenvalue weighted by Gasteiger charge is 2.25. The second-order valence-corrected chi connectivity index (χ2v) is 7.81. The van der Waals surface area contributed by atoms with Crippen LogP contribution in [0.2, 0.25) is 0 Å². The summed E-state index contributed by atoms with van der Waals surface area (Å²) in [5.41, 5.74) is 2.41. The molecule has 0 unspecified atom stereocenters. The largest absolute Gasteiger partial charge is 0.484 e. The molecule has 4 rings (SSSR count). The number of amides is 2. The molecule has 29 heavy (non-hydrogen) atoms. The molecule has 7 nitrogen and oxygen atoms in total. The van der Waals surface area contributed by atoms with Crippen molar-refractivity contribution >= 4 is 28.3 Å². The highest BCUT2D eigenvalue weighted by Crippen LogP contribution is 2.28. The first-order chi connectivity index (χ1) is 14.1. The van der Waals surface area contributed by atoms with Crippen LogP contribution in [0.25, 0.3) is 0 Å².